The highest BCUT2D eigenvalue weighted by Crippen LogP contribution is 2.05. The Morgan fingerprint density at radius 3 is 1.57 bits per heavy atom. The van der Waals surface area contributed by atoms with Gasteiger partial charge < -0.3 is 18.9 Å². The second kappa shape index (κ2) is 20.0. The predicted octanol–water partition coefficient (Wildman–Crippen LogP) is 6.87. The van der Waals surface area contributed by atoms with Gasteiger partial charge in [-0.1, -0.05) is 71.4 Å². The Morgan fingerprint density at radius 2 is 1.10 bits per heavy atom. The molecular formula is C26H48O4. The number of rotatable bonds is 16. The maximum absolute atomic E-state index is 5.57. The van der Waals surface area contributed by atoms with Crippen molar-refractivity contribution in [3.63, 3.8) is 0 Å². The van der Waals surface area contributed by atoms with Crippen molar-refractivity contribution in [3.05, 3.63) is 35.9 Å². The van der Waals surface area contributed by atoms with Crippen LogP contribution >= 0.6 is 0 Å². The van der Waals surface area contributed by atoms with Gasteiger partial charge in [-0.05, 0) is 56.9 Å². The zero-order chi connectivity index (χ0) is 22.6. The summed E-state index contributed by atoms with van der Waals surface area (Å²) in [6.45, 7) is 18.0. The van der Waals surface area contributed by atoms with E-state index in [9.17, 15) is 0 Å². The fourth-order valence-electron chi connectivity index (χ4n) is 2.42. The molecule has 0 spiro atoms. The molecule has 4 heteroatoms. The van der Waals surface area contributed by atoms with Crippen LogP contribution in [0.3, 0.4) is 0 Å². The van der Waals surface area contributed by atoms with Gasteiger partial charge in [0.05, 0.1) is 6.61 Å². The molecule has 1 unspecified atom stereocenters. The number of unbranched alkanes of at least 4 members (excludes halogenated alkanes) is 1. The van der Waals surface area contributed by atoms with E-state index in [0.29, 0.717) is 11.8 Å². The lowest BCUT2D eigenvalue weighted by Crippen LogP contribution is -2.16. The first-order valence-corrected chi connectivity index (χ1v) is 11.8. The molecule has 1 rings (SSSR count). The molecule has 0 N–H and O–H groups in total. The average molecular weight is 425 g/mol. The monoisotopic (exact) mass is 424 g/mol. The van der Waals surface area contributed by atoms with Crippen molar-refractivity contribution in [2.24, 2.45) is 11.8 Å². The summed E-state index contributed by atoms with van der Waals surface area (Å²) in [5.41, 5.74) is 1.31. The highest BCUT2D eigenvalue weighted by Gasteiger charge is 2.03. The first-order valence-electron chi connectivity index (χ1n) is 11.8. The quantitative estimate of drug-likeness (QED) is 0.214. The van der Waals surface area contributed by atoms with Crippen LogP contribution in [0, 0.1) is 11.8 Å². The van der Waals surface area contributed by atoms with Gasteiger partial charge in [0.25, 0.3) is 0 Å². The zero-order valence-electron chi connectivity index (χ0n) is 20.7. The van der Waals surface area contributed by atoms with Gasteiger partial charge >= 0.3 is 0 Å². The molecule has 0 saturated carbocycles. The molecule has 4 nitrogen and oxygen atoms in total. The lowest BCUT2D eigenvalue weighted by molar-refractivity contribution is -0.134. The molecule has 0 amide bonds. The Bertz CT molecular complexity index is 447. The summed E-state index contributed by atoms with van der Waals surface area (Å²) in [5.74, 6) is 1.41. The Balaban J connectivity index is 0.000000567. The Hall–Kier alpha value is -0.940. The van der Waals surface area contributed by atoms with E-state index in [0.717, 1.165) is 58.5 Å². The van der Waals surface area contributed by atoms with E-state index in [4.69, 9.17) is 18.9 Å². The minimum absolute atomic E-state index is 0.0486. The second-order valence-electron chi connectivity index (χ2n) is 8.57. The van der Waals surface area contributed by atoms with E-state index in [-0.39, 0.29) is 12.6 Å². The van der Waals surface area contributed by atoms with Crippen LogP contribution in [0.25, 0.3) is 0 Å². The third kappa shape index (κ3) is 20.3. The van der Waals surface area contributed by atoms with Crippen LogP contribution in [0.5, 0.6) is 0 Å². The minimum Gasteiger partial charge on any atom is -0.353 e. The van der Waals surface area contributed by atoms with Crippen molar-refractivity contribution < 1.29 is 18.9 Å². The first kappa shape index (κ1) is 29.1. The van der Waals surface area contributed by atoms with E-state index >= 15 is 0 Å². The van der Waals surface area contributed by atoms with Gasteiger partial charge in [-0.25, -0.2) is 0 Å². The van der Waals surface area contributed by atoms with Crippen molar-refractivity contribution in [1.82, 2.24) is 0 Å². The van der Waals surface area contributed by atoms with Crippen molar-refractivity contribution >= 4 is 0 Å². The van der Waals surface area contributed by atoms with Crippen LogP contribution in [0.2, 0.25) is 0 Å². The Morgan fingerprint density at radius 1 is 0.633 bits per heavy atom. The zero-order valence-corrected chi connectivity index (χ0v) is 20.7. The van der Waals surface area contributed by atoms with E-state index in [1.807, 2.05) is 19.9 Å². The standard InChI is InChI=1S/C14H22O2.C12H26O2/c1-3-4-11-15-13(2)16-12-10-14-8-6-5-7-9-14;1-10(2)6-8-13-12(5)14-9-7-11(3)4/h5-9,13H,3-4,10-12H2,1-2H3;10-12H,6-9H2,1-5H3. The molecule has 0 heterocycles. The van der Waals surface area contributed by atoms with Crippen LogP contribution in [0.1, 0.15) is 79.7 Å². The van der Waals surface area contributed by atoms with Gasteiger partial charge in [0.2, 0.25) is 0 Å². The van der Waals surface area contributed by atoms with Crippen molar-refractivity contribution in [2.75, 3.05) is 26.4 Å². The summed E-state index contributed by atoms with van der Waals surface area (Å²) in [5, 5.41) is 0. The molecule has 0 aliphatic heterocycles. The molecule has 0 aliphatic carbocycles. The molecule has 1 aromatic rings. The third-order valence-electron chi connectivity index (χ3n) is 4.53. The highest BCUT2D eigenvalue weighted by molar-refractivity contribution is 5.14. The fraction of sp³-hybridized carbons (Fsp3) is 0.769. The van der Waals surface area contributed by atoms with Gasteiger partial charge in [-0.3, -0.25) is 0 Å². The molecule has 0 saturated heterocycles. The average Bonchev–Trinajstić information content (AvgIpc) is 2.69. The van der Waals surface area contributed by atoms with Crippen LogP contribution in [-0.2, 0) is 25.4 Å². The maximum atomic E-state index is 5.57. The van der Waals surface area contributed by atoms with Gasteiger partial charge in [0.1, 0.15) is 0 Å². The molecule has 30 heavy (non-hydrogen) atoms. The highest BCUT2D eigenvalue weighted by atomic mass is 16.7. The molecule has 0 bridgehead atoms. The summed E-state index contributed by atoms with van der Waals surface area (Å²) in [7, 11) is 0. The lowest BCUT2D eigenvalue weighted by atomic mass is 10.1. The summed E-state index contributed by atoms with van der Waals surface area (Å²) >= 11 is 0. The van der Waals surface area contributed by atoms with Crippen molar-refractivity contribution in [3.8, 4) is 0 Å². The predicted molar refractivity (Wildman–Crippen MR) is 127 cm³/mol. The first-order chi connectivity index (χ1) is 14.3. The molecule has 1 atom stereocenters. The van der Waals surface area contributed by atoms with Crippen LogP contribution in [0.4, 0.5) is 0 Å². The molecule has 0 aliphatic rings. The summed E-state index contributed by atoms with van der Waals surface area (Å²) in [4.78, 5) is 0. The molecule has 0 fully saturated rings. The van der Waals surface area contributed by atoms with Gasteiger partial charge in [-0.2, -0.15) is 0 Å². The number of benzene rings is 1. The molecule has 0 aromatic heterocycles. The van der Waals surface area contributed by atoms with Crippen LogP contribution in [0.15, 0.2) is 30.3 Å². The number of hydrogen-bond donors (Lipinski definition) is 0. The van der Waals surface area contributed by atoms with Crippen molar-refractivity contribution in [2.45, 2.75) is 93.2 Å². The smallest absolute Gasteiger partial charge is 0.154 e. The van der Waals surface area contributed by atoms with E-state index in [1.165, 1.54) is 5.56 Å². The topological polar surface area (TPSA) is 36.9 Å². The largest absolute Gasteiger partial charge is 0.353 e. The van der Waals surface area contributed by atoms with Crippen LogP contribution < -0.4 is 0 Å². The fourth-order valence-corrected chi connectivity index (χ4v) is 2.42. The Kier molecular flexibility index (Phi) is 19.4. The van der Waals surface area contributed by atoms with Crippen molar-refractivity contribution in [1.29, 1.82) is 0 Å². The van der Waals surface area contributed by atoms with Gasteiger partial charge in [0, 0.05) is 19.8 Å². The maximum Gasteiger partial charge on any atom is 0.154 e. The second-order valence-corrected chi connectivity index (χ2v) is 8.57. The molecule has 176 valence electrons. The lowest BCUT2D eigenvalue weighted by Gasteiger charge is -2.15. The normalized spacial score (nSPS) is 12.3. The van der Waals surface area contributed by atoms with E-state index < -0.39 is 0 Å². The summed E-state index contributed by atoms with van der Waals surface area (Å²) in [6.07, 6.45) is 5.30. The SMILES string of the molecule is CC(C)CCOC(C)OCCC(C)C.CCCCOC(C)OCCc1ccccc1. The molecule has 0 radical (unpaired) electrons. The van der Waals surface area contributed by atoms with Gasteiger partial charge in [0.15, 0.2) is 12.6 Å². The number of hydrogen-bond acceptors (Lipinski definition) is 4. The summed E-state index contributed by atoms with van der Waals surface area (Å²) < 4.78 is 22.1. The third-order valence-corrected chi connectivity index (χ3v) is 4.53. The van der Waals surface area contributed by atoms with Gasteiger partial charge in [-0.15, -0.1) is 0 Å². The summed E-state index contributed by atoms with van der Waals surface area (Å²) in [6, 6.07) is 10.4. The molecular weight excluding hydrogens is 376 g/mol. The Labute approximate surface area is 186 Å². The number of ether oxygens (including phenoxy) is 4. The molecule has 1 aromatic carbocycles. The van der Waals surface area contributed by atoms with Crippen LogP contribution in [-0.4, -0.2) is 39.0 Å². The minimum atomic E-state index is -0.0877. The van der Waals surface area contributed by atoms with E-state index in [1.54, 1.807) is 0 Å². The van der Waals surface area contributed by atoms with E-state index in [2.05, 4.69) is 58.9 Å².